The number of carbonyl (C=O) groups excluding carboxylic acids is 6. The van der Waals surface area contributed by atoms with Crippen molar-refractivity contribution < 1.29 is 53.2 Å². The van der Waals surface area contributed by atoms with Crippen molar-refractivity contribution in [2.45, 2.75) is 100 Å². The number of anilines is 1. The highest BCUT2D eigenvalue weighted by molar-refractivity contribution is 6.31. The molecule has 3 aromatic carbocycles. The third-order valence-electron chi connectivity index (χ3n) is 17.0. The van der Waals surface area contributed by atoms with Gasteiger partial charge < -0.3 is 65.7 Å². The Hall–Kier alpha value is -5.83. The molecule has 4 aliphatic heterocycles. The molecule has 6 amide bonds. The van der Waals surface area contributed by atoms with Crippen LogP contribution >= 0.6 is 11.6 Å². The van der Waals surface area contributed by atoms with Gasteiger partial charge in [-0.1, -0.05) is 35.9 Å². The second-order valence-electron chi connectivity index (χ2n) is 21.7. The number of nitrogens with two attached hydrogens (primary N) is 1. The smallest absolute Gasteiger partial charge is 0.248 e. The minimum Gasteiger partial charge on any atom is -0.504 e. The van der Waals surface area contributed by atoms with E-state index in [4.69, 9.17) is 31.5 Å². The number of aryl methyl sites for hydroxylation is 1. The zero-order valence-corrected chi connectivity index (χ0v) is 44.4. The topological polar surface area (TPSA) is 246 Å². The van der Waals surface area contributed by atoms with Gasteiger partial charge in [0, 0.05) is 66.5 Å². The van der Waals surface area contributed by atoms with Crippen molar-refractivity contribution in [3.63, 3.8) is 0 Å². The number of nitrogens with one attached hydrogen (secondary N) is 3. The van der Waals surface area contributed by atoms with E-state index in [0.717, 1.165) is 74.2 Å². The maximum absolute atomic E-state index is 14.2. The van der Waals surface area contributed by atoms with Gasteiger partial charge in [0.1, 0.15) is 32.5 Å². The number of halogens is 1. The van der Waals surface area contributed by atoms with Crippen LogP contribution in [0, 0.1) is 18.8 Å². The summed E-state index contributed by atoms with van der Waals surface area (Å²) in [6.07, 6.45) is 6.50. The molecule has 3 aromatic rings. The summed E-state index contributed by atoms with van der Waals surface area (Å²) in [4.78, 5) is 85.0. The molecule has 0 radical (unpaired) electrons. The molecular weight excluding hydrogens is 996 g/mol. The van der Waals surface area contributed by atoms with Crippen LogP contribution in [0.1, 0.15) is 84.0 Å². The van der Waals surface area contributed by atoms with Gasteiger partial charge in [-0.2, -0.15) is 0 Å². The molecule has 410 valence electrons. The number of likely N-dealkylation sites (tertiary alicyclic amines) is 3. The van der Waals surface area contributed by atoms with E-state index in [1.54, 1.807) is 23.1 Å². The third kappa shape index (κ3) is 11.7. The number of aliphatic hydroxyl groups is 1. The summed E-state index contributed by atoms with van der Waals surface area (Å²) < 4.78 is 17.3. The Bertz CT molecular complexity index is 2640. The van der Waals surface area contributed by atoms with Crippen molar-refractivity contribution in [1.29, 1.82) is 0 Å². The standard InChI is InChI=1S/C56H73ClN8O11/c1-35-4-10-41(30-42(35)57)65(22-3-21-63-23-13-37(14-24-63)28-36-5-7-38(8-6-36)53(58)71)54(72)39-15-25-64(26-16-39)49(70)34-75-32-47(68)60-20-19-59-46(67)31-74-33-48(69)61-43-12-17-56(73)45-29-40-9-11-44(66)51-50(40)55(56,52(43)76-51)18-27-62(45)2/h4-11,30,37,39,43,45,52,66,73H,3,12-29,31-34H2,1-2H3,(H2,58,71)(H,59,67)(H,60,68)(H,61,69)/t43-,45?,52-,55-,56+/m0/s1. The SMILES string of the molecule is Cc1ccc(N(CCCN2CCC(Cc3ccc(C(N)=O)cc3)CC2)C(=O)C2CCN(C(=O)COCC(=O)NCCNC(=O)COCC(=O)N[C@H]3CC[C@@]4(O)C5Cc6ccc(O)c7c6[C@@]4(CCN5C)[C@H]3O7)CC2)cc1Cl. The van der Waals surface area contributed by atoms with Crippen molar-refractivity contribution >= 4 is 52.7 Å². The van der Waals surface area contributed by atoms with Gasteiger partial charge in [0.15, 0.2) is 11.5 Å². The van der Waals surface area contributed by atoms with Gasteiger partial charge >= 0.3 is 0 Å². The third-order valence-corrected chi connectivity index (χ3v) is 17.4. The van der Waals surface area contributed by atoms with E-state index in [1.165, 1.54) is 5.56 Å². The molecule has 4 heterocycles. The van der Waals surface area contributed by atoms with E-state index in [2.05, 4.69) is 25.8 Å². The summed E-state index contributed by atoms with van der Waals surface area (Å²) in [6.45, 7) is 5.58. The number of hydrogen-bond acceptors (Lipinski definition) is 13. The summed E-state index contributed by atoms with van der Waals surface area (Å²) in [5.74, 6) is -1.35. The van der Waals surface area contributed by atoms with E-state index in [0.29, 0.717) is 80.4 Å². The normalized spacial score (nSPS) is 24.3. The fourth-order valence-electron chi connectivity index (χ4n) is 12.9. The van der Waals surface area contributed by atoms with E-state index < -0.39 is 46.8 Å². The Morgan fingerprint density at radius 3 is 2.21 bits per heavy atom. The minimum atomic E-state index is -1.08. The Morgan fingerprint density at radius 1 is 0.842 bits per heavy atom. The highest BCUT2D eigenvalue weighted by Gasteiger charge is 2.72. The van der Waals surface area contributed by atoms with E-state index in [1.807, 2.05) is 55.3 Å². The van der Waals surface area contributed by atoms with Crippen LogP contribution in [0.4, 0.5) is 5.69 Å². The number of phenolic OH excluding ortho intramolecular Hbond substituents is 1. The van der Waals surface area contributed by atoms with Gasteiger partial charge in [-0.15, -0.1) is 0 Å². The number of amides is 6. The molecule has 1 unspecified atom stereocenters. The number of primary amides is 1. The van der Waals surface area contributed by atoms with Crippen LogP contribution in [0.2, 0.25) is 5.02 Å². The first kappa shape index (κ1) is 54.9. The molecule has 6 aliphatic rings. The van der Waals surface area contributed by atoms with Crippen molar-refractivity contribution in [1.82, 2.24) is 30.7 Å². The number of ether oxygens (including phenoxy) is 3. The lowest BCUT2D eigenvalue weighted by Gasteiger charge is -2.63. The Morgan fingerprint density at radius 2 is 1.53 bits per heavy atom. The first-order valence-corrected chi connectivity index (χ1v) is 27.3. The van der Waals surface area contributed by atoms with E-state index in [-0.39, 0.29) is 69.0 Å². The molecule has 9 rings (SSSR count). The number of phenols is 1. The molecule has 1 spiro atoms. The van der Waals surface area contributed by atoms with Gasteiger partial charge in [-0.3, -0.25) is 28.8 Å². The molecule has 0 aromatic heterocycles. The van der Waals surface area contributed by atoms with Gasteiger partial charge in [0.05, 0.1) is 17.1 Å². The number of nitrogens with zero attached hydrogens (tertiary/aromatic N) is 4. The van der Waals surface area contributed by atoms with Crippen LogP contribution in [0.25, 0.3) is 0 Å². The largest absolute Gasteiger partial charge is 0.504 e. The highest BCUT2D eigenvalue weighted by Crippen LogP contribution is 2.65. The van der Waals surface area contributed by atoms with Crippen LogP contribution in [0.5, 0.6) is 11.5 Å². The lowest BCUT2D eigenvalue weighted by atomic mass is 9.48. The molecule has 3 saturated heterocycles. The molecule has 5 atom stereocenters. The Labute approximate surface area is 449 Å². The van der Waals surface area contributed by atoms with Crippen LogP contribution in [0.15, 0.2) is 54.6 Å². The lowest BCUT2D eigenvalue weighted by Crippen LogP contribution is -2.77. The molecule has 4 fully saturated rings. The van der Waals surface area contributed by atoms with Crippen molar-refractivity contribution in [2.24, 2.45) is 17.6 Å². The van der Waals surface area contributed by atoms with Crippen LogP contribution in [-0.2, 0) is 51.7 Å². The second-order valence-corrected chi connectivity index (χ2v) is 22.1. The summed E-state index contributed by atoms with van der Waals surface area (Å²) in [6, 6.07) is 16.3. The molecular formula is C56H73ClN8O11. The van der Waals surface area contributed by atoms with Crippen LogP contribution in [0.3, 0.4) is 0 Å². The van der Waals surface area contributed by atoms with Gasteiger partial charge in [0.2, 0.25) is 35.4 Å². The maximum Gasteiger partial charge on any atom is 0.248 e. The van der Waals surface area contributed by atoms with Crippen molar-refractivity contribution in [3.05, 3.63) is 87.4 Å². The zero-order chi connectivity index (χ0) is 53.7. The quantitative estimate of drug-likeness (QED) is 0.0842. The van der Waals surface area contributed by atoms with Crippen molar-refractivity contribution in [2.75, 3.05) is 97.3 Å². The number of aromatic hydroxyl groups is 1. The Kier molecular flexibility index (Phi) is 17.2. The number of carbonyl (C=O) groups is 6. The summed E-state index contributed by atoms with van der Waals surface area (Å²) in [5.41, 5.74) is 8.86. The van der Waals surface area contributed by atoms with Crippen LogP contribution < -0.4 is 31.3 Å². The fraction of sp³-hybridized carbons (Fsp3) is 0.571. The number of benzene rings is 3. The molecule has 1 saturated carbocycles. The summed E-state index contributed by atoms with van der Waals surface area (Å²) in [5, 5.41) is 32.0. The Balaban J connectivity index is 0.636. The van der Waals surface area contributed by atoms with Crippen molar-refractivity contribution in [3.8, 4) is 11.5 Å². The number of piperidine rings is 3. The van der Waals surface area contributed by atoms with E-state index >= 15 is 0 Å². The summed E-state index contributed by atoms with van der Waals surface area (Å²) >= 11 is 6.55. The van der Waals surface area contributed by atoms with Gasteiger partial charge in [-0.25, -0.2) is 0 Å². The van der Waals surface area contributed by atoms with Crippen LogP contribution in [-0.4, -0.2) is 177 Å². The van der Waals surface area contributed by atoms with Gasteiger partial charge in [0.25, 0.3) is 0 Å². The summed E-state index contributed by atoms with van der Waals surface area (Å²) in [7, 11) is 2.02. The lowest BCUT2D eigenvalue weighted by molar-refractivity contribution is -0.187. The molecule has 76 heavy (non-hydrogen) atoms. The number of rotatable bonds is 21. The monoisotopic (exact) mass is 1070 g/mol. The average molecular weight is 1070 g/mol. The average Bonchev–Trinajstić information content (AvgIpc) is 4.00. The number of hydrogen-bond donors (Lipinski definition) is 6. The minimum absolute atomic E-state index is 0.0135. The molecule has 2 aliphatic carbocycles. The predicted octanol–water partition coefficient (Wildman–Crippen LogP) is 2.60. The molecule has 19 nitrogen and oxygen atoms in total. The van der Waals surface area contributed by atoms with E-state index in [9.17, 15) is 39.0 Å². The first-order valence-electron chi connectivity index (χ1n) is 26.9. The zero-order valence-electron chi connectivity index (χ0n) is 43.7. The first-order chi connectivity index (χ1) is 36.5. The fourth-order valence-corrected chi connectivity index (χ4v) is 13.1. The molecule has 2 bridgehead atoms. The van der Waals surface area contributed by atoms with Gasteiger partial charge in [-0.05, 0) is 157 Å². The number of likely N-dealkylation sites (N-methyl/N-ethyl adjacent to an activating group) is 1. The molecule has 7 N–H and O–H groups in total. The predicted molar refractivity (Wildman–Crippen MR) is 283 cm³/mol. The highest BCUT2D eigenvalue weighted by atomic mass is 35.5. The second kappa shape index (κ2) is 23.8. The maximum atomic E-state index is 14.2. The molecule has 20 heteroatoms.